The van der Waals surface area contributed by atoms with E-state index in [9.17, 15) is 10.2 Å². The molecule has 6 heteroatoms. The molecule has 0 spiro atoms. The van der Waals surface area contributed by atoms with E-state index in [-0.39, 0.29) is 11.5 Å². The van der Waals surface area contributed by atoms with Gasteiger partial charge in [-0.3, -0.25) is 5.10 Å². The minimum atomic E-state index is 0.0116. The minimum Gasteiger partial charge on any atom is -0.507 e. The third kappa shape index (κ3) is 2.19. The largest absolute Gasteiger partial charge is 0.507 e. The number of benzene rings is 2. The molecule has 2 aromatic carbocycles. The third-order valence-corrected chi connectivity index (χ3v) is 3.08. The smallest absolute Gasteiger partial charge is 0.185 e. The summed E-state index contributed by atoms with van der Waals surface area (Å²) >= 11 is 5.79. The van der Waals surface area contributed by atoms with Crippen LogP contribution in [0.25, 0.3) is 22.8 Å². The summed E-state index contributed by atoms with van der Waals surface area (Å²) in [5, 5.41) is 26.8. The van der Waals surface area contributed by atoms with Crippen molar-refractivity contribution in [3.63, 3.8) is 0 Å². The number of para-hydroxylation sites is 1. The number of phenolic OH excluding ortho intramolecular Hbond substituents is 2. The quantitative estimate of drug-likeness (QED) is 0.676. The van der Waals surface area contributed by atoms with Gasteiger partial charge in [-0.2, -0.15) is 5.10 Å². The van der Waals surface area contributed by atoms with Crippen molar-refractivity contribution in [3.8, 4) is 34.3 Å². The van der Waals surface area contributed by atoms with Crippen LogP contribution in [-0.2, 0) is 0 Å². The molecule has 0 amide bonds. The van der Waals surface area contributed by atoms with Crippen LogP contribution in [-0.4, -0.2) is 25.4 Å². The molecule has 1 aromatic heterocycles. The molecule has 0 radical (unpaired) electrons. The highest BCUT2D eigenvalue weighted by Crippen LogP contribution is 2.31. The van der Waals surface area contributed by atoms with Gasteiger partial charge in [0, 0.05) is 5.02 Å². The molecule has 0 saturated carbocycles. The van der Waals surface area contributed by atoms with Crippen molar-refractivity contribution < 1.29 is 10.2 Å². The highest BCUT2D eigenvalue weighted by atomic mass is 35.5. The van der Waals surface area contributed by atoms with Gasteiger partial charge in [-0.05, 0) is 30.3 Å². The van der Waals surface area contributed by atoms with E-state index < -0.39 is 0 Å². The molecule has 3 rings (SSSR count). The molecule has 20 heavy (non-hydrogen) atoms. The number of aromatic hydroxyl groups is 2. The Kier molecular flexibility index (Phi) is 3.04. The lowest BCUT2D eigenvalue weighted by Crippen LogP contribution is -1.83. The summed E-state index contributed by atoms with van der Waals surface area (Å²) in [7, 11) is 0. The second-order valence-corrected chi connectivity index (χ2v) is 4.62. The zero-order valence-corrected chi connectivity index (χ0v) is 11.0. The molecule has 3 aromatic rings. The van der Waals surface area contributed by atoms with Crippen LogP contribution in [0, 0.1) is 0 Å². The maximum absolute atomic E-state index is 9.86. The molecule has 0 unspecified atom stereocenters. The van der Waals surface area contributed by atoms with E-state index in [4.69, 9.17) is 11.6 Å². The van der Waals surface area contributed by atoms with E-state index >= 15 is 0 Å². The Morgan fingerprint density at radius 1 is 0.950 bits per heavy atom. The lowest BCUT2D eigenvalue weighted by Gasteiger charge is -2.00. The molecule has 0 saturated heterocycles. The van der Waals surface area contributed by atoms with Gasteiger partial charge in [0.05, 0.1) is 11.1 Å². The standard InChI is InChI=1S/C14H10ClN3O2/c15-8-5-6-10(12(20)7-8)14-16-13(17-18-14)9-3-1-2-4-11(9)19/h1-7,19-20H,(H,16,17,18). The number of hydrogen-bond donors (Lipinski definition) is 3. The molecule has 1 heterocycles. The van der Waals surface area contributed by atoms with E-state index in [0.717, 1.165) is 0 Å². The highest BCUT2D eigenvalue weighted by molar-refractivity contribution is 6.30. The Hall–Kier alpha value is -2.53. The van der Waals surface area contributed by atoms with E-state index in [2.05, 4.69) is 15.2 Å². The normalized spacial score (nSPS) is 10.7. The summed E-state index contributed by atoms with van der Waals surface area (Å²) in [6.07, 6.45) is 0. The van der Waals surface area contributed by atoms with Gasteiger partial charge in [0.2, 0.25) is 0 Å². The lowest BCUT2D eigenvalue weighted by molar-refractivity contribution is 0.476. The Morgan fingerprint density at radius 3 is 2.50 bits per heavy atom. The van der Waals surface area contributed by atoms with Crippen molar-refractivity contribution in [1.29, 1.82) is 0 Å². The van der Waals surface area contributed by atoms with Crippen molar-refractivity contribution in [2.24, 2.45) is 0 Å². The summed E-state index contributed by atoms with van der Waals surface area (Å²) in [5.74, 6) is 0.862. The van der Waals surface area contributed by atoms with Crippen LogP contribution >= 0.6 is 11.6 Å². The van der Waals surface area contributed by atoms with Gasteiger partial charge in [0.25, 0.3) is 0 Å². The number of hydrogen-bond acceptors (Lipinski definition) is 4. The summed E-state index contributed by atoms with van der Waals surface area (Å²) in [6, 6.07) is 11.5. The maximum Gasteiger partial charge on any atom is 0.185 e. The van der Waals surface area contributed by atoms with Gasteiger partial charge in [-0.25, -0.2) is 4.98 Å². The van der Waals surface area contributed by atoms with Crippen molar-refractivity contribution >= 4 is 11.6 Å². The fourth-order valence-corrected chi connectivity index (χ4v) is 2.04. The average molecular weight is 288 g/mol. The topological polar surface area (TPSA) is 82.0 Å². The predicted molar refractivity (Wildman–Crippen MR) is 75.6 cm³/mol. The predicted octanol–water partition coefficient (Wildman–Crippen LogP) is 3.20. The zero-order valence-electron chi connectivity index (χ0n) is 10.2. The summed E-state index contributed by atoms with van der Waals surface area (Å²) in [5.41, 5.74) is 1.01. The van der Waals surface area contributed by atoms with E-state index in [0.29, 0.717) is 27.8 Å². The van der Waals surface area contributed by atoms with Gasteiger partial charge >= 0.3 is 0 Å². The first-order valence-electron chi connectivity index (χ1n) is 5.85. The van der Waals surface area contributed by atoms with Crippen LogP contribution < -0.4 is 0 Å². The molecule has 3 N–H and O–H groups in total. The van der Waals surface area contributed by atoms with Crippen LogP contribution in [0.5, 0.6) is 11.5 Å². The highest BCUT2D eigenvalue weighted by Gasteiger charge is 2.13. The first-order chi connectivity index (χ1) is 9.65. The number of nitrogens with one attached hydrogen (secondary N) is 1. The Bertz CT molecular complexity index is 771. The minimum absolute atomic E-state index is 0.0116. The van der Waals surface area contributed by atoms with E-state index in [1.54, 1.807) is 36.4 Å². The van der Waals surface area contributed by atoms with E-state index in [1.807, 2.05) is 0 Å². The molecule has 0 atom stereocenters. The fourth-order valence-electron chi connectivity index (χ4n) is 1.87. The van der Waals surface area contributed by atoms with Gasteiger partial charge < -0.3 is 10.2 Å². The monoisotopic (exact) mass is 287 g/mol. The van der Waals surface area contributed by atoms with Crippen LogP contribution in [0.15, 0.2) is 42.5 Å². The number of aromatic amines is 1. The van der Waals surface area contributed by atoms with Gasteiger partial charge in [0.15, 0.2) is 11.6 Å². The van der Waals surface area contributed by atoms with Gasteiger partial charge in [-0.1, -0.05) is 23.7 Å². The van der Waals surface area contributed by atoms with Crippen LogP contribution in [0.4, 0.5) is 0 Å². The average Bonchev–Trinajstić information content (AvgIpc) is 2.88. The molecule has 5 nitrogen and oxygen atoms in total. The maximum atomic E-state index is 9.86. The molecule has 0 fully saturated rings. The summed E-state index contributed by atoms with van der Waals surface area (Å²) < 4.78 is 0. The lowest BCUT2D eigenvalue weighted by atomic mass is 10.2. The Labute approximate surface area is 119 Å². The second-order valence-electron chi connectivity index (χ2n) is 4.19. The molecule has 0 aliphatic heterocycles. The van der Waals surface area contributed by atoms with Crippen molar-refractivity contribution in [3.05, 3.63) is 47.5 Å². The first kappa shape index (κ1) is 12.5. The zero-order chi connectivity index (χ0) is 14.1. The first-order valence-corrected chi connectivity index (χ1v) is 6.22. The number of nitrogens with zero attached hydrogens (tertiary/aromatic N) is 2. The SMILES string of the molecule is Oc1ccccc1-c1n[nH]c(-c2ccc(Cl)cc2O)n1. The second kappa shape index (κ2) is 4.86. The fraction of sp³-hybridized carbons (Fsp3) is 0. The van der Waals surface area contributed by atoms with Crippen molar-refractivity contribution in [2.75, 3.05) is 0 Å². The Morgan fingerprint density at radius 2 is 1.75 bits per heavy atom. The van der Waals surface area contributed by atoms with Crippen LogP contribution in [0.3, 0.4) is 0 Å². The number of rotatable bonds is 2. The number of halogens is 1. The summed E-state index contributed by atoms with van der Waals surface area (Å²) in [6.45, 7) is 0. The number of H-pyrrole nitrogens is 1. The van der Waals surface area contributed by atoms with Crippen LogP contribution in [0.2, 0.25) is 5.02 Å². The van der Waals surface area contributed by atoms with Crippen molar-refractivity contribution in [2.45, 2.75) is 0 Å². The van der Waals surface area contributed by atoms with Crippen LogP contribution in [0.1, 0.15) is 0 Å². The molecular formula is C14H10ClN3O2. The van der Waals surface area contributed by atoms with E-state index in [1.165, 1.54) is 6.07 Å². The number of phenols is 2. The summed E-state index contributed by atoms with van der Waals surface area (Å²) in [4.78, 5) is 4.27. The molecular weight excluding hydrogens is 278 g/mol. The molecule has 0 aliphatic rings. The molecule has 0 aliphatic carbocycles. The van der Waals surface area contributed by atoms with Crippen molar-refractivity contribution in [1.82, 2.24) is 15.2 Å². The third-order valence-electron chi connectivity index (χ3n) is 2.85. The molecule has 0 bridgehead atoms. The number of aromatic nitrogens is 3. The molecule has 100 valence electrons. The van der Waals surface area contributed by atoms with Gasteiger partial charge in [-0.15, -0.1) is 0 Å². The van der Waals surface area contributed by atoms with Gasteiger partial charge in [0.1, 0.15) is 11.5 Å². The Balaban J connectivity index is 2.04.